The molecule has 8 heavy (non-hydrogen) atoms. The molecule has 1 heterocycles. The summed E-state index contributed by atoms with van der Waals surface area (Å²) in [7, 11) is 0. The van der Waals surface area contributed by atoms with E-state index in [4.69, 9.17) is 5.11 Å². The maximum Gasteiger partial charge on any atom is 0.593 e. The van der Waals surface area contributed by atoms with E-state index >= 15 is 0 Å². The number of nitrogens with zero attached hydrogens (tertiary/aromatic N) is 1. The average Bonchev–Trinajstić information content (AvgIpc) is 2.12. The third kappa shape index (κ3) is 0.857. The minimum atomic E-state index is -0.831. The predicted molar refractivity (Wildman–Crippen MR) is 28.5 cm³/mol. The molecule has 44 valence electrons. The van der Waals surface area contributed by atoms with Gasteiger partial charge in [0.2, 0.25) is 0 Å². The Morgan fingerprint density at radius 2 is 2.50 bits per heavy atom. The molecule has 0 aromatic heterocycles. The van der Waals surface area contributed by atoms with Crippen molar-refractivity contribution in [3.63, 3.8) is 0 Å². The monoisotopic (exact) mass is 114 g/mol. The molecular weight excluding hydrogens is 106 g/mol. The largest absolute Gasteiger partial charge is 0.593 e. The van der Waals surface area contributed by atoms with Gasteiger partial charge in [0, 0.05) is 12.8 Å². The summed E-state index contributed by atoms with van der Waals surface area (Å²) >= 11 is 0. The Morgan fingerprint density at radius 3 is 2.75 bits per heavy atom. The van der Waals surface area contributed by atoms with Crippen molar-refractivity contribution in [3.8, 4) is 0 Å². The van der Waals surface area contributed by atoms with Gasteiger partial charge in [-0.3, -0.25) is 0 Å². The second-order valence-electron chi connectivity index (χ2n) is 1.80. The van der Waals surface area contributed by atoms with E-state index in [9.17, 15) is 4.79 Å². The lowest BCUT2D eigenvalue weighted by Gasteiger charge is -1.81. The molecule has 0 bridgehead atoms. The maximum absolute atomic E-state index is 10.1. The summed E-state index contributed by atoms with van der Waals surface area (Å²) in [6.07, 6.45) is 2.77. The van der Waals surface area contributed by atoms with Crippen molar-refractivity contribution in [1.82, 2.24) is 0 Å². The van der Waals surface area contributed by atoms with Gasteiger partial charge in [0.1, 0.15) is 0 Å². The first-order valence-electron chi connectivity index (χ1n) is 2.63. The van der Waals surface area contributed by atoms with Crippen LogP contribution >= 0.6 is 0 Å². The Labute approximate surface area is 47.3 Å². The minimum Gasteiger partial charge on any atom is -0.427 e. The van der Waals surface area contributed by atoms with Crippen molar-refractivity contribution in [1.29, 1.82) is 0 Å². The maximum atomic E-state index is 10.1. The molecule has 0 aromatic rings. The third-order valence-corrected chi connectivity index (χ3v) is 1.20. The van der Waals surface area contributed by atoms with Crippen LogP contribution in [-0.2, 0) is 0 Å². The zero-order valence-electron chi connectivity index (χ0n) is 4.50. The zero-order chi connectivity index (χ0) is 5.98. The molecule has 0 unspecified atom stereocenters. The first-order valence-corrected chi connectivity index (χ1v) is 2.63. The Hall–Kier alpha value is -0.860. The molecule has 0 spiro atoms. The molecule has 1 aliphatic heterocycles. The molecule has 0 aliphatic carbocycles. The molecule has 0 fully saturated rings. The van der Waals surface area contributed by atoms with Gasteiger partial charge < -0.3 is 5.11 Å². The van der Waals surface area contributed by atoms with Gasteiger partial charge in [-0.15, -0.1) is 4.58 Å². The van der Waals surface area contributed by atoms with Gasteiger partial charge in [-0.25, -0.2) is 0 Å². The van der Waals surface area contributed by atoms with Gasteiger partial charge >= 0.3 is 6.09 Å². The van der Waals surface area contributed by atoms with E-state index in [0.717, 1.165) is 12.8 Å². The van der Waals surface area contributed by atoms with Crippen LogP contribution in [0.25, 0.3) is 0 Å². The smallest absolute Gasteiger partial charge is 0.427 e. The van der Waals surface area contributed by atoms with Gasteiger partial charge in [-0.2, -0.15) is 4.79 Å². The normalized spacial score (nSPS) is 18.2. The lowest BCUT2D eigenvalue weighted by molar-refractivity contribution is -0.430. The summed E-state index contributed by atoms with van der Waals surface area (Å²) in [5, 5.41) is 8.31. The van der Waals surface area contributed by atoms with Crippen molar-refractivity contribution < 1.29 is 14.5 Å². The van der Waals surface area contributed by atoms with Crippen LogP contribution in [0.3, 0.4) is 0 Å². The van der Waals surface area contributed by atoms with E-state index in [2.05, 4.69) is 0 Å². The van der Waals surface area contributed by atoms with E-state index in [0.29, 0.717) is 6.54 Å². The molecule has 0 saturated carbocycles. The molecule has 0 radical (unpaired) electrons. The lowest BCUT2D eigenvalue weighted by atomic mass is 10.4. The van der Waals surface area contributed by atoms with Crippen molar-refractivity contribution in [3.05, 3.63) is 0 Å². The highest BCUT2D eigenvalue weighted by Crippen LogP contribution is 1.95. The second-order valence-corrected chi connectivity index (χ2v) is 1.80. The molecule has 1 N–H and O–H groups in total. The SMILES string of the molecule is O=C(O)[N+]1=CCCC1. The second kappa shape index (κ2) is 1.94. The molecule has 1 amide bonds. The lowest BCUT2D eigenvalue weighted by Crippen LogP contribution is -2.15. The summed E-state index contributed by atoms with van der Waals surface area (Å²) in [6, 6.07) is 0. The molecule has 0 aromatic carbocycles. The van der Waals surface area contributed by atoms with Crippen molar-refractivity contribution in [2.24, 2.45) is 0 Å². The molecule has 1 aliphatic rings. The third-order valence-electron chi connectivity index (χ3n) is 1.20. The van der Waals surface area contributed by atoms with Gasteiger partial charge in [0.05, 0.1) is 0 Å². The Kier molecular flexibility index (Phi) is 1.28. The summed E-state index contributed by atoms with van der Waals surface area (Å²) in [4.78, 5) is 10.1. The van der Waals surface area contributed by atoms with Crippen LogP contribution in [-0.4, -0.2) is 28.5 Å². The van der Waals surface area contributed by atoms with E-state index in [1.807, 2.05) is 0 Å². The van der Waals surface area contributed by atoms with Gasteiger partial charge in [-0.05, 0) is 0 Å². The number of hydrogen-bond donors (Lipinski definition) is 1. The first kappa shape index (κ1) is 5.28. The summed E-state index contributed by atoms with van der Waals surface area (Å²) in [6.45, 7) is 0.676. The topological polar surface area (TPSA) is 40.3 Å². The number of carboxylic acid groups (broad SMARTS) is 1. The van der Waals surface area contributed by atoms with E-state index < -0.39 is 6.09 Å². The minimum absolute atomic E-state index is 0.676. The Bertz CT molecular complexity index is 139. The first-order chi connectivity index (χ1) is 3.80. The fourth-order valence-electron chi connectivity index (χ4n) is 0.774. The molecule has 3 heteroatoms. The summed E-state index contributed by atoms with van der Waals surface area (Å²) in [5.74, 6) is 0. The highest BCUT2D eigenvalue weighted by atomic mass is 16.4. The predicted octanol–water partition coefficient (Wildman–Crippen LogP) is 0.542. The average molecular weight is 114 g/mol. The fraction of sp³-hybridized carbons (Fsp3) is 0.600. The van der Waals surface area contributed by atoms with Crippen LogP contribution in [0.1, 0.15) is 12.8 Å². The van der Waals surface area contributed by atoms with Gasteiger partial charge in [0.15, 0.2) is 12.8 Å². The highest BCUT2D eigenvalue weighted by molar-refractivity contribution is 5.65. The molecule has 0 saturated heterocycles. The molecular formula is C5H8NO2+. The van der Waals surface area contributed by atoms with Crippen LogP contribution < -0.4 is 0 Å². The van der Waals surface area contributed by atoms with Crippen LogP contribution in [0.4, 0.5) is 4.79 Å². The quantitative estimate of drug-likeness (QED) is 0.467. The van der Waals surface area contributed by atoms with Gasteiger partial charge in [-0.1, -0.05) is 0 Å². The Morgan fingerprint density at radius 1 is 1.75 bits per heavy atom. The fourth-order valence-corrected chi connectivity index (χ4v) is 0.774. The number of rotatable bonds is 0. The van der Waals surface area contributed by atoms with Crippen LogP contribution in [0.2, 0.25) is 0 Å². The van der Waals surface area contributed by atoms with Crippen molar-refractivity contribution >= 4 is 12.3 Å². The van der Waals surface area contributed by atoms with Crippen LogP contribution in [0, 0.1) is 0 Å². The van der Waals surface area contributed by atoms with E-state index in [-0.39, 0.29) is 0 Å². The zero-order valence-corrected chi connectivity index (χ0v) is 4.50. The van der Waals surface area contributed by atoms with Crippen molar-refractivity contribution in [2.75, 3.05) is 6.54 Å². The van der Waals surface area contributed by atoms with E-state index in [1.54, 1.807) is 6.21 Å². The standard InChI is InChI=1S/C5H7NO2/c7-5(8)6-3-1-2-4-6/h3H,1-2,4H2/p+1. The molecule has 3 nitrogen and oxygen atoms in total. The summed E-state index contributed by atoms with van der Waals surface area (Å²) < 4.78 is 1.32. The number of hydrogen-bond acceptors (Lipinski definition) is 1. The number of amides is 1. The molecule has 1 rings (SSSR count). The summed E-state index contributed by atoms with van der Waals surface area (Å²) in [5.41, 5.74) is 0. The van der Waals surface area contributed by atoms with Crippen LogP contribution in [0.15, 0.2) is 0 Å². The Balaban J connectivity index is 2.57. The van der Waals surface area contributed by atoms with Gasteiger partial charge in [0.25, 0.3) is 0 Å². The highest BCUT2D eigenvalue weighted by Gasteiger charge is 2.18. The molecule has 0 atom stereocenters. The number of carbonyl (C=O) groups is 1. The van der Waals surface area contributed by atoms with Crippen LogP contribution in [0.5, 0.6) is 0 Å². The van der Waals surface area contributed by atoms with E-state index in [1.165, 1.54) is 4.58 Å². The van der Waals surface area contributed by atoms with Crippen molar-refractivity contribution in [2.45, 2.75) is 12.8 Å².